The third-order valence-corrected chi connectivity index (χ3v) is 4.17. The Labute approximate surface area is 148 Å². The van der Waals surface area contributed by atoms with Gasteiger partial charge >= 0.3 is 29.8 Å². The van der Waals surface area contributed by atoms with Crippen LogP contribution in [0.2, 0.25) is 0 Å². The van der Waals surface area contributed by atoms with E-state index in [0.29, 0.717) is 6.42 Å². The third kappa shape index (κ3) is 4.10. The molecule has 0 aromatic heterocycles. The third-order valence-electron chi connectivity index (χ3n) is 4.17. The summed E-state index contributed by atoms with van der Waals surface area (Å²) in [5, 5.41) is 38.9. The fourth-order valence-corrected chi connectivity index (χ4v) is 2.83. The summed E-state index contributed by atoms with van der Waals surface area (Å²) in [5.74, 6) is -11.4. The number of carbonyl (C=O) groups is 5. The Morgan fingerprint density at radius 1 is 0.923 bits per heavy atom. The maximum absolute atomic E-state index is 12.1. The molecule has 0 aliphatic rings. The number of carboxylic acid groups (broad SMARTS) is 3. The Kier molecular flexibility index (Phi) is 8.19. The first kappa shape index (κ1) is 23.3. The van der Waals surface area contributed by atoms with Crippen LogP contribution in [-0.2, 0) is 33.4 Å². The molecule has 0 aliphatic carbocycles. The number of methoxy groups -OCH3 is 2. The van der Waals surface area contributed by atoms with Crippen LogP contribution < -0.4 is 0 Å². The lowest BCUT2D eigenvalue weighted by atomic mass is 9.59. The summed E-state index contributed by atoms with van der Waals surface area (Å²) < 4.78 is 8.79. The minimum absolute atomic E-state index is 0.0357. The number of aliphatic hydroxyl groups is 1. The minimum Gasteiger partial charge on any atom is -0.481 e. The van der Waals surface area contributed by atoms with E-state index < -0.39 is 59.6 Å². The molecular formula is C15H22O11. The van der Waals surface area contributed by atoms with E-state index in [1.54, 1.807) is 6.92 Å². The molecule has 0 spiro atoms. The first-order chi connectivity index (χ1) is 12.0. The molecule has 2 unspecified atom stereocenters. The van der Waals surface area contributed by atoms with E-state index in [0.717, 1.165) is 14.2 Å². The van der Waals surface area contributed by atoms with E-state index in [4.69, 9.17) is 5.11 Å². The van der Waals surface area contributed by atoms with Crippen molar-refractivity contribution in [3.05, 3.63) is 0 Å². The lowest BCUT2D eigenvalue weighted by Gasteiger charge is -2.43. The lowest BCUT2D eigenvalue weighted by Crippen LogP contribution is -2.65. The van der Waals surface area contributed by atoms with Crippen LogP contribution in [0.15, 0.2) is 0 Å². The van der Waals surface area contributed by atoms with Gasteiger partial charge in [-0.2, -0.15) is 0 Å². The second-order valence-corrected chi connectivity index (χ2v) is 5.60. The molecule has 11 nitrogen and oxygen atoms in total. The van der Waals surface area contributed by atoms with Crippen molar-refractivity contribution in [3.8, 4) is 0 Å². The molecule has 0 heterocycles. The summed E-state index contributed by atoms with van der Waals surface area (Å²) in [4.78, 5) is 59.2. The molecule has 26 heavy (non-hydrogen) atoms. The number of ether oxygens (including phenoxy) is 2. The number of carbonyl (C=O) groups excluding carboxylic acids is 2. The van der Waals surface area contributed by atoms with Gasteiger partial charge in [0, 0.05) is 0 Å². The first-order valence-electron chi connectivity index (χ1n) is 7.52. The van der Waals surface area contributed by atoms with Gasteiger partial charge in [-0.3, -0.25) is 19.2 Å². The highest BCUT2D eigenvalue weighted by Gasteiger charge is 2.69. The zero-order valence-electron chi connectivity index (χ0n) is 14.6. The van der Waals surface area contributed by atoms with Gasteiger partial charge in [-0.1, -0.05) is 19.8 Å². The number of carboxylic acids is 3. The van der Waals surface area contributed by atoms with Crippen molar-refractivity contribution in [2.45, 2.75) is 38.2 Å². The Balaban J connectivity index is 6.98. The molecule has 11 heteroatoms. The van der Waals surface area contributed by atoms with Gasteiger partial charge in [0.1, 0.15) is 5.41 Å². The van der Waals surface area contributed by atoms with Crippen molar-refractivity contribution in [1.82, 2.24) is 0 Å². The maximum atomic E-state index is 12.1. The largest absolute Gasteiger partial charge is 0.481 e. The van der Waals surface area contributed by atoms with E-state index in [1.165, 1.54) is 0 Å². The van der Waals surface area contributed by atoms with Crippen molar-refractivity contribution in [3.63, 3.8) is 0 Å². The second-order valence-electron chi connectivity index (χ2n) is 5.60. The zero-order chi connectivity index (χ0) is 20.7. The fourth-order valence-electron chi connectivity index (χ4n) is 2.83. The Morgan fingerprint density at radius 2 is 1.38 bits per heavy atom. The van der Waals surface area contributed by atoms with Crippen LogP contribution in [0.3, 0.4) is 0 Å². The predicted molar refractivity (Wildman–Crippen MR) is 82.0 cm³/mol. The van der Waals surface area contributed by atoms with Crippen LogP contribution in [0.5, 0.6) is 0 Å². The van der Waals surface area contributed by atoms with Gasteiger partial charge in [-0.25, -0.2) is 4.79 Å². The molecular weight excluding hydrogens is 356 g/mol. The Bertz CT molecular complexity index is 568. The molecule has 0 saturated heterocycles. The average Bonchev–Trinajstić information content (AvgIpc) is 2.55. The maximum Gasteiger partial charge on any atom is 0.337 e. The quantitative estimate of drug-likeness (QED) is 0.268. The number of hydrogen-bond acceptors (Lipinski definition) is 8. The molecule has 0 radical (unpaired) electrons. The Hall–Kier alpha value is -2.69. The fraction of sp³-hybridized carbons (Fsp3) is 0.667. The molecule has 0 saturated carbocycles. The molecule has 4 N–H and O–H groups in total. The molecule has 0 aliphatic heterocycles. The topological polar surface area (TPSA) is 185 Å². The van der Waals surface area contributed by atoms with E-state index in [1.807, 2.05) is 0 Å². The van der Waals surface area contributed by atoms with Crippen LogP contribution in [0, 0.1) is 11.3 Å². The van der Waals surface area contributed by atoms with Crippen molar-refractivity contribution in [2.75, 3.05) is 14.2 Å². The normalized spacial score (nSPS) is 15.4. The molecule has 0 aromatic carbocycles. The highest BCUT2D eigenvalue weighted by Crippen LogP contribution is 2.47. The second kappa shape index (κ2) is 9.13. The first-order valence-corrected chi connectivity index (χ1v) is 7.52. The molecule has 0 aromatic rings. The molecule has 0 bridgehead atoms. The summed E-state index contributed by atoms with van der Waals surface area (Å²) in [7, 11) is 1.64. The highest BCUT2D eigenvalue weighted by molar-refractivity contribution is 6.04. The molecule has 2 atom stereocenters. The summed E-state index contributed by atoms with van der Waals surface area (Å²) in [5.41, 5.74) is -6.53. The molecule has 148 valence electrons. The summed E-state index contributed by atoms with van der Waals surface area (Å²) in [6.45, 7) is 1.61. The lowest BCUT2D eigenvalue weighted by molar-refractivity contribution is -0.210. The van der Waals surface area contributed by atoms with E-state index >= 15 is 0 Å². The SMILES string of the molecule is CCCCC(C(=O)O)(C(C(=O)OC)C(=O)OC)C(O)(CC(=O)O)C(=O)O. The van der Waals surface area contributed by atoms with Crippen LogP contribution >= 0.6 is 0 Å². The minimum atomic E-state index is -3.49. The van der Waals surface area contributed by atoms with Gasteiger partial charge in [0.05, 0.1) is 20.6 Å². The predicted octanol–water partition coefficient (Wildman–Crippen LogP) is -0.500. The number of esters is 2. The van der Waals surface area contributed by atoms with Crippen LogP contribution in [0.25, 0.3) is 0 Å². The number of aliphatic carboxylic acids is 3. The van der Waals surface area contributed by atoms with E-state index in [9.17, 15) is 39.3 Å². The van der Waals surface area contributed by atoms with Gasteiger partial charge in [0.25, 0.3) is 0 Å². The molecule has 0 rings (SSSR count). The van der Waals surface area contributed by atoms with Crippen LogP contribution in [-0.4, -0.2) is 70.1 Å². The molecule has 0 fully saturated rings. The van der Waals surface area contributed by atoms with Crippen molar-refractivity contribution >= 4 is 29.8 Å². The smallest absolute Gasteiger partial charge is 0.337 e. The zero-order valence-corrected chi connectivity index (χ0v) is 14.6. The summed E-state index contributed by atoms with van der Waals surface area (Å²) >= 11 is 0. The highest BCUT2D eigenvalue weighted by atomic mass is 16.5. The van der Waals surface area contributed by atoms with Gasteiger partial charge in [0.2, 0.25) is 0 Å². The van der Waals surface area contributed by atoms with Crippen molar-refractivity contribution < 1.29 is 53.9 Å². The number of hydrogen-bond donors (Lipinski definition) is 4. The van der Waals surface area contributed by atoms with Crippen molar-refractivity contribution in [2.24, 2.45) is 11.3 Å². The van der Waals surface area contributed by atoms with Gasteiger partial charge in [0.15, 0.2) is 11.5 Å². The van der Waals surface area contributed by atoms with Crippen LogP contribution in [0.1, 0.15) is 32.6 Å². The van der Waals surface area contributed by atoms with Gasteiger partial charge in [-0.15, -0.1) is 0 Å². The Morgan fingerprint density at radius 3 is 1.65 bits per heavy atom. The monoisotopic (exact) mass is 378 g/mol. The molecule has 0 amide bonds. The van der Waals surface area contributed by atoms with Gasteiger partial charge < -0.3 is 29.9 Å². The summed E-state index contributed by atoms with van der Waals surface area (Å²) in [6.07, 6.45) is -1.99. The standard InChI is InChI=1S/C15H22O11/c1-4-5-6-14(12(20)21,9(10(18)25-2)11(19)26-3)15(24,13(22)23)7-8(16)17/h9,24H,4-7H2,1-3H3,(H,16,17)(H,20,21)(H,22,23). The summed E-state index contributed by atoms with van der Waals surface area (Å²) in [6, 6.07) is 0. The number of rotatable bonds is 11. The average molecular weight is 378 g/mol. The van der Waals surface area contributed by atoms with Crippen molar-refractivity contribution in [1.29, 1.82) is 0 Å². The van der Waals surface area contributed by atoms with E-state index in [2.05, 4.69) is 9.47 Å². The van der Waals surface area contributed by atoms with Crippen LogP contribution in [0.4, 0.5) is 0 Å². The number of unbranched alkanes of at least 4 members (excludes halogenated alkanes) is 1. The van der Waals surface area contributed by atoms with E-state index in [-0.39, 0.29) is 6.42 Å². The van der Waals surface area contributed by atoms with Gasteiger partial charge in [-0.05, 0) is 6.42 Å².